The average Bonchev–Trinajstić information content (AvgIpc) is 3.35. The van der Waals surface area contributed by atoms with Crippen molar-refractivity contribution in [1.29, 1.82) is 0 Å². The second-order valence-corrected chi connectivity index (χ2v) is 16.2. The molecular formula is C60H44N2O. The SMILES string of the molecule is C1=Cc2c(Nc3ccccc3)cc3ccccc3c2CC1.Oc1ccc2cc(N(c3ccccc3)c3cc4ccccc4c4ccccc34)ccc2c1-c1cccc2ccccc12. The van der Waals surface area contributed by atoms with Crippen molar-refractivity contribution in [3.8, 4) is 16.9 Å². The van der Waals surface area contributed by atoms with Crippen LogP contribution in [0.25, 0.3) is 71.1 Å². The second-order valence-electron chi connectivity index (χ2n) is 16.2. The molecule has 0 fully saturated rings. The number of hydrogen-bond acceptors (Lipinski definition) is 3. The summed E-state index contributed by atoms with van der Waals surface area (Å²) in [5, 5.41) is 26.7. The van der Waals surface area contributed by atoms with Gasteiger partial charge in [0, 0.05) is 39.3 Å². The van der Waals surface area contributed by atoms with E-state index < -0.39 is 0 Å². The Morgan fingerprint density at radius 2 is 1.05 bits per heavy atom. The second kappa shape index (κ2) is 16.4. The highest BCUT2D eigenvalue weighted by Crippen LogP contribution is 2.45. The van der Waals surface area contributed by atoms with Gasteiger partial charge in [-0.25, -0.2) is 0 Å². The number of para-hydroxylation sites is 2. The molecule has 300 valence electrons. The minimum absolute atomic E-state index is 0.284. The van der Waals surface area contributed by atoms with Crippen LogP contribution in [0.4, 0.5) is 28.4 Å². The van der Waals surface area contributed by atoms with E-state index in [-0.39, 0.29) is 5.75 Å². The molecule has 0 bridgehead atoms. The molecular weight excluding hydrogens is 765 g/mol. The third kappa shape index (κ3) is 7.10. The van der Waals surface area contributed by atoms with Gasteiger partial charge in [-0.1, -0.05) is 176 Å². The van der Waals surface area contributed by atoms with Crippen LogP contribution in [0.1, 0.15) is 17.5 Å². The molecule has 0 spiro atoms. The first-order valence-corrected chi connectivity index (χ1v) is 21.7. The predicted octanol–water partition coefficient (Wildman–Crippen LogP) is 16.7. The van der Waals surface area contributed by atoms with Crippen LogP contribution in [0, 0.1) is 0 Å². The van der Waals surface area contributed by atoms with Gasteiger partial charge in [0.1, 0.15) is 5.75 Å². The average molecular weight is 809 g/mol. The van der Waals surface area contributed by atoms with Crippen LogP contribution in [0.2, 0.25) is 0 Å². The number of aromatic hydroxyl groups is 1. The van der Waals surface area contributed by atoms with E-state index in [0.29, 0.717) is 0 Å². The Bertz CT molecular complexity index is 3500. The number of anilines is 5. The van der Waals surface area contributed by atoms with E-state index in [0.717, 1.165) is 68.3 Å². The zero-order valence-corrected chi connectivity index (χ0v) is 34.7. The maximum atomic E-state index is 11.2. The van der Waals surface area contributed by atoms with Crippen LogP contribution in [-0.2, 0) is 6.42 Å². The summed E-state index contributed by atoms with van der Waals surface area (Å²) >= 11 is 0. The van der Waals surface area contributed by atoms with Gasteiger partial charge in [-0.15, -0.1) is 0 Å². The maximum Gasteiger partial charge on any atom is 0.124 e. The summed E-state index contributed by atoms with van der Waals surface area (Å²) in [5.41, 5.74) is 10.3. The van der Waals surface area contributed by atoms with E-state index in [2.05, 4.69) is 223 Å². The molecule has 1 aliphatic rings. The molecule has 0 heterocycles. The van der Waals surface area contributed by atoms with Gasteiger partial charge in [-0.05, 0) is 127 Å². The highest BCUT2D eigenvalue weighted by atomic mass is 16.3. The van der Waals surface area contributed by atoms with Crippen molar-refractivity contribution in [3.63, 3.8) is 0 Å². The number of nitrogens with zero attached hydrogens (tertiary/aromatic N) is 1. The lowest BCUT2D eigenvalue weighted by Crippen LogP contribution is -2.10. The lowest BCUT2D eigenvalue weighted by atomic mass is 9.90. The van der Waals surface area contributed by atoms with Crippen LogP contribution in [0.3, 0.4) is 0 Å². The number of allylic oxidation sites excluding steroid dienone is 1. The smallest absolute Gasteiger partial charge is 0.124 e. The standard InChI is InChI=1S/C40H27NO.C20H17N/c42-39-24-21-29-25-31(22-23-34(29)40(39)37-20-10-13-27-11-4-6-16-32(27)37)41(30-14-2-1-3-15-30)38-26-28-12-5-7-17-33(28)35-18-8-9-19-36(35)38;1-2-9-16(10-3-1)21-20-14-15-8-4-5-11-17(15)18-12-6-7-13-19(18)20/h1-26,42H;1-5,7-11,13-14,21H,6,12H2. The van der Waals surface area contributed by atoms with Crippen LogP contribution in [0.5, 0.6) is 5.75 Å². The van der Waals surface area contributed by atoms with Crippen molar-refractivity contribution in [2.24, 2.45) is 0 Å². The lowest BCUT2D eigenvalue weighted by Gasteiger charge is -2.28. The molecule has 0 atom stereocenters. The van der Waals surface area contributed by atoms with Crippen molar-refractivity contribution < 1.29 is 5.11 Å². The molecule has 0 radical (unpaired) electrons. The normalized spacial score (nSPS) is 12.0. The summed E-state index contributed by atoms with van der Waals surface area (Å²) in [6.07, 6.45) is 6.78. The molecule has 0 saturated heterocycles. The van der Waals surface area contributed by atoms with Crippen LogP contribution in [0.15, 0.2) is 224 Å². The maximum absolute atomic E-state index is 11.2. The molecule has 63 heavy (non-hydrogen) atoms. The first kappa shape index (κ1) is 37.8. The molecule has 0 aromatic heterocycles. The summed E-state index contributed by atoms with van der Waals surface area (Å²) in [5.74, 6) is 0.284. The highest BCUT2D eigenvalue weighted by Gasteiger charge is 2.20. The number of benzene rings is 11. The molecule has 0 amide bonds. The minimum Gasteiger partial charge on any atom is -0.507 e. The largest absolute Gasteiger partial charge is 0.507 e. The summed E-state index contributed by atoms with van der Waals surface area (Å²) in [7, 11) is 0. The Morgan fingerprint density at radius 3 is 1.84 bits per heavy atom. The molecule has 0 aliphatic heterocycles. The Morgan fingerprint density at radius 1 is 0.429 bits per heavy atom. The van der Waals surface area contributed by atoms with E-state index in [1.54, 1.807) is 0 Å². The van der Waals surface area contributed by atoms with E-state index in [4.69, 9.17) is 0 Å². The van der Waals surface area contributed by atoms with E-state index in [1.165, 1.54) is 49.1 Å². The topological polar surface area (TPSA) is 35.5 Å². The minimum atomic E-state index is 0.284. The number of phenolic OH excluding ortho intramolecular Hbond substituents is 1. The Balaban J connectivity index is 0.000000177. The predicted molar refractivity (Wildman–Crippen MR) is 269 cm³/mol. The Hall–Kier alpha value is -8.14. The van der Waals surface area contributed by atoms with Gasteiger partial charge in [0.2, 0.25) is 0 Å². The monoisotopic (exact) mass is 808 g/mol. The third-order valence-corrected chi connectivity index (χ3v) is 12.4. The highest BCUT2D eigenvalue weighted by molar-refractivity contribution is 6.15. The van der Waals surface area contributed by atoms with Crippen LogP contribution >= 0.6 is 0 Å². The summed E-state index contributed by atoms with van der Waals surface area (Å²) in [6.45, 7) is 0. The Labute approximate surface area is 367 Å². The molecule has 3 nitrogen and oxygen atoms in total. The van der Waals surface area contributed by atoms with Gasteiger partial charge in [0.15, 0.2) is 0 Å². The summed E-state index contributed by atoms with van der Waals surface area (Å²) in [6, 6.07) is 76.4. The van der Waals surface area contributed by atoms with Crippen molar-refractivity contribution >= 4 is 88.4 Å². The van der Waals surface area contributed by atoms with Crippen molar-refractivity contribution in [3.05, 3.63) is 236 Å². The molecule has 3 heteroatoms. The molecule has 11 aromatic carbocycles. The van der Waals surface area contributed by atoms with Gasteiger partial charge in [0.25, 0.3) is 0 Å². The van der Waals surface area contributed by atoms with Crippen LogP contribution < -0.4 is 10.2 Å². The molecule has 0 unspecified atom stereocenters. The zero-order valence-electron chi connectivity index (χ0n) is 34.7. The quantitative estimate of drug-likeness (QED) is 0.164. The number of fused-ring (bicyclic) bond motifs is 8. The van der Waals surface area contributed by atoms with Gasteiger partial charge < -0.3 is 15.3 Å². The first-order valence-electron chi connectivity index (χ1n) is 21.7. The zero-order chi connectivity index (χ0) is 42.1. The molecule has 11 aromatic rings. The molecule has 12 rings (SSSR count). The van der Waals surface area contributed by atoms with Crippen LogP contribution in [-0.4, -0.2) is 5.11 Å². The lowest BCUT2D eigenvalue weighted by molar-refractivity contribution is 0.478. The van der Waals surface area contributed by atoms with E-state index >= 15 is 0 Å². The van der Waals surface area contributed by atoms with Crippen molar-refractivity contribution in [2.45, 2.75) is 12.8 Å². The fraction of sp³-hybridized carbons (Fsp3) is 0.0333. The molecule has 2 N–H and O–H groups in total. The van der Waals surface area contributed by atoms with Gasteiger partial charge in [-0.3, -0.25) is 0 Å². The Kier molecular flexibility index (Phi) is 9.83. The molecule has 0 saturated carbocycles. The van der Waals surface area contributed by atoms with Gasteiger partial charge in [0.05, 0.1) is 5.69 Å². The molecule has 1 aliphatic carbocycles. The third-order valence-electron chi connectivity index (χ3n) is 12.4. The van der Waals surface area contributed by atoms with Gasteiger partial charge in [-0.2, -0.15) is 0 Å². The van der Waals surface area contributed by atoms with Crippen molar-refractivity contribution in [1.82, 2.24) is 0 Å². The number of hydrogen-bond donors (Lipinski definition) is 2. The fourth-order valence-corrected chi connectivity index (χ4v) is 9.50. The van der Waals surface area contributed by atoms with E-state index in [9.17, 15) is 5.11 Å². The van der Waals surface area contributed by atoms with Crippen molar-refractivity contribution in [2.75, 3.05) is 10.2 Å². The first-order chi connectivity index (χ1) is 31.2. The number of rotatable bonds is 6. The fourth-order valence-electron chi connectivity index (χ4n) is 9.50. The summed E-state index contributed by atoms with van der Waals surface area (Å²) < 4.78 is 0. The summed E-state index contributed by atoms with van der Waals surface area (Å²) in [4.78, 5) is 2.35. The van der Waals surface area contributed by atoms with Gasteiger partial charge >= 0.3 is 0 Å². The number of nitrogens with one attached hydrogen (secondary N) is 1. The number of aryl methyl sites for hydroxylation is 1. The van der Waals surface area contributed by atoms with E-state index in [1.807, 2.05) is 18.2 Å². The number of phenols is 1.